The average Bonchev–Trinajstić information content (AvgIpc) is 3.06. The fourth-order valence-electron chi connectivity index (χ4n) is 2.93. The maximum absolute atomic E-state index is 5.84. The van der Waals surface area contributed by atoms with Crippen LogP contribution in [0.2, 0.25) is 0 Å². The van der Waals surface area contributed by atoms with Gasteiger partial charge in [-0.25, -0.2) is 0 Å². The summed E-state index contributed by atoms with van der Waals surface area (Å²) in [4.78, 5) is 4.56. The number of nitrogen functional groups attached to an aromatic ring is 1. The minimum Gasteiger partial charge on any atom is -0.399 e. The summed E-state index contributed by atoms with van der Waals surface area (Å²) < 4.78 is 6.32. The zero-order chi connectivity index (χ0) is 14.1. The second-order valence-electron chi connectivity index (χ2n) is 5.52. The van der Waals surface area contributed by atoms with E-state index in [9.17, 15) is 0 Å². The lowest BCUT2D eigenvalue weighted by molar-refractivity contribution is 0.413. The van der Waals surface area contributed by atoms with Crippen molar-refractivity contribution in [2.45, 2.75) is 38.5 Å². The van der Waals surface area contributed by atoms with Crippen molar-refractivity contribution in [3.8, 4) is 11.5 Å². The van der Waals surface area contributed by atoms with E-state index < -0.39 is 0 Å². The van der Waals surface area contributed by atoms with Gasteiger partial charge < -0.3 is 10.3 Å². The van der Waals surface area contributed by atoms with Crippen LogP contribution in [0.25, 0.3) is 11.5 Å². The molecule has 0 spiro atoms. The van der Waals surface area contributed by atoms with Crippen molar-refractivity contribution in [1.29, 1.82) is 0 Å². The van der Waals surface area contributed by atoms with Gasteiger partial charge in [0.1, 0.15) is 0 Å². The molecule has 1 aromatic carbocycles. The molecule has 2 unspecified atom stereocenters. The second-order valence-corrected chi connectivity index (χ2v) is 6.43. The molecule has 2 aromatic rings. The Morgan fingerprint density at radius 2 is 2.20 bits per heavy atom. The Morgan fingerprint density at radius 1 is 1.35 bits per heavy atom. The summed E-state index contributed by atoms with van der Waals surface area (Å²) >= 11 is 3.43. The second kappa shape index (κ2) is 5.56. The molecule has 1 aliphatic carbocycles. The van der Waals surface area contributed by atoms with Crippen molar-refractivity contribution >= 4 is 21.6 Å². The molecule has 2 N–H and O–H groups in total. The summed E-state index contributed by atoms with van der Waals surface area (Å²) in [5.74, 6) is 2.65. The first-order chi connectivity index (χ1) is 9.65. The number of nitrogens with zero attached hydrogens (tertiary/aromatic N) is 2. The minimum atomic E-state index is 0.446. The topological polar surface area (TPSA) is 64.9 Å². The highest BCUT2D eigenvalue weighted by molar-refractivity contribution is 9.10. The lowest BCUT2D eigenvalue weighted by Gasteiger charge is -2.04. The summed E-state index contributed by atoms with van der Waals surface area (Å²) in [6.45, 7) is 2.25. The van der Waals surface area contributed by atoms with Crippen LogP contribution in [0.5, 0.6) is 0 Å². The van der Waals surface area contributed by atoms with Crippen LogP contribution in [-0.4, -0.2) is 10.1 Å². The number of nitrogens with two attached hydrogens (primary N) is 1. The molecule has 0 aliphatic heterocycles. The van der Waals surface area contributed by atoms with E-state index in [1.165, 1.54) is 19.3 Å². The smallest absolute Gasteiger partial charge is 0.258 e. The first kappa shape index (κ1) is 13.6. The normalized spacial score (nSPS) is 22.3. The number of anilines is 1. The maximum atomic E-state index is 5.84. The van der Waals surface area contributed by atoms with E-state index in [0.717, 1.165) is 28.2 Å². The van der Waals surface area contributed by atoms with Crippen molar-refractivity contribution in [2.75, 3.05) is 5.73 Å². The van der Waals surface area contributed by atoms with Crippen molar-refractivity contribution < 1.29 is 4.52 Å². The highest BCUT2D eigenvalue weighted by Crippen LogP contribution is 2.39. The predicted octanol–water partition coefficient (Wildman–Crippen LogP) is 4.38. The summed E-state index contributed by atoms with van der Waals surface area (Å²) in [5, 5.41) is 4.16. The Hall–Kier alpha value is -1.36. The van der Waals surface area contributed by atoms with Gasteiger partial charge in [-0.2, -0.15) is 4.98 Å². The molecule has 2 atom stereocenters. The number of halogens is 1. The number of hydrogen-bond acceptors (Lipinski definition) is 4. The van der Waals surface area contributed by atoms with Gasteiger partial charge in [0.15, 0.2) is 5.82 Å². The van der Waals surface area contributed by atoms with Gasteiger partial charge in [0.2, 0.25) is 0 Å². The van der Waals surface area contributed by atoms with Crippen LogP contribution in [0.3, 0.4) is 0 Å². The van der Waals surface area contributed by atoms with Crippen LogP contribution in [0.15, 0.2) is 27.2 Å². The Morgan fingerprint density at radius 3 is 2.90 bits per heavy atom. The molecule has 1 fully saturated rings. The first-order valence-electron chi connectivity index (χ1n) is 7.05. The van der Waals surface area contributed by atoms with Crippen molar-refractivity contribution in [2.24, 2.45) is 5.92 Å². The summed E-state index contributed by atoms with van der Waals surface area (Å²) in [6, 6.07) is 5.65. The van der Waals surface area contributed by atoms with Crippen LogP contribution in [-0.2, 0) is 0 Å². The quantitative estimate of drug-likeness (QED) is 0.845. The largest absolute Gasteiger partial charge is 0.399 e. The van der Waals surface area contributed by atoms with E-state index in [4.69, 9.17) is 10.3 Å². The number of hydrogen-bond donors (Lipinski definition) is 1. The molecule has 5 heteroatoms. The zero-order valence-electron chi connectivity index (χ0n) is 11.5. The molecule has 3 rings (SSSR count). The third kappa shape index (κ3) is 2.73. The molecule has 1 aromatic heterocycles. The van der Waals surface area contributed by atoms with Gasteiger partial charge in [-0.05, 0) is 43.4 Å². The number of aromatic nitrogens is 2. The average molecular weight is 336 g/mol. The standard InChI is InChI=1S/C15H18BrN3O/c1-2-9-3-4-10(5-9)14-18-15(20-19-14)11-6-12(16)8-13(17)7-11/h6-10H,2-5,17H2,1H3. The van der Waals surface area contributed by atoms with E-state index in [-0.39, 0.29) is 0 Å². The summed E-state index contributed by atoms with van der Waals surface area (Å²) in [6.07, 6.45) is 4.85. The molecule has 0 saturated heterocycles. The molecule has 0 bridgehead atoms. The minimum absolute atomic E-state index is 0.446. The molecule has 1 aliphatic rings. The van der Waals surface area contributed by atoms with Crippen molar-refractivity contribution in [3.63, 3.8) is 0 Å². The molecule has 0 amide bonds. The number of rotatable bonds is 3. The lowest BCUT2D eigenvalue weighted by atomic mass is 10.0. The molecule has 0 radical (unpaired) electrons. The van der Waals surface area contributed by atoms with Crippen LogP contribution >= 0.6 is 15.9 Å². The van der Waals surface area contributed by atoms with E-state index in [1.54, 1.807) is 0 Å². The summed E-state index contributed by atoms with van der Waals surface area (Å²) in [5.41, 5.74) is 7.39. The summed E-state index contributed by atoms with van der Waals surface area (Å²) in [7, 11) is 0. The van der Waals surface area contributed by atoms with Gasteiger partial charge in [-0.15, -0.1) is 0 Å². The highest BCUT2D eigenvalue weighted by atomic mass is 79.9. The Balaban J connectivity index is 1.83. The number of benzene rings is 1. The fourth-order valence-corrected chi connectivity index (χ4v) is 3.44. The van der Waals surface area contributed by atoms with Gasteiger partial charge in [-0.3, -0.25) is 0 Å². The van der Waals surface area contributed by atoms with E-state index >= 15 is 0 Å². The zero-order valence-corrected chi connectivity index (χ0v) is 13.1. The molecular weight excluding hydrogens is 318 g/mol. The van der Waals surface area contributed by atoms with Gasteiger partial charge in [0.25, 0.3) is 5.89 Å². The molecular formula is C15H18BrN3O. The third-order valence-corrected chi connectivity index (χ3v) is 4.55. The molecule has 4 nitrogen and oxygen atoms in total. The SMILES string of the molecule is CCC1CCC(c2noc(-c3cc(N)cc(Br)c3)n2)C1. The van der Waals surface area contributed by atoms with Crippen molar-refractivity contribution in [3.05, 3.63) is 28.5 Å². The third-order valence-electron chi connectivity index (χ3n) is 4.09. The van der Waals surface area contributed by atoms with Crippen LogP contribution in [0, 0.1) is 5.92 Å². The van der Waals surface area contributed by atoms with E-state index in [2.05, 4.69) is 33.0 Å². The van der Waals surface area contributed by atoms with Gasteiger partial charge in [-0.1, -0.05) is 34.4 Å². The van der Waals surface area contributed by atoms with Gasteiger partial charge in [0, 0.05) is 21.6 Å². The van der Waals surface area contributed by atoms with Gasteiger partial charge in [0.05, 0.1) is 0 Å². The van der Waals surface area contributed by atoms with E-state index in [1.807, 2.05) is 18.2 Å². The van der Waals surface area contributed by atoms with E-state index in [0.29, 0.717) is 17.5 Å². The monoisotopic (exact) mass is 335 g/mol. The Bertz CT molecular complexity index is 591. The Labute approximate surface area is 126 Å². The highest BCUT2D eigenvalue weighted by Gasteiger charge is 2.28. The molecule has 106 valence electrons. The lowest BCUT2D eigenvalue weighted by Crippen LogP contribution is -1.97. The molecule has 1 heterocycles. The molecule has 1 saturated carbocycles. The van der Waals surface area contributed by atoms with Crippen LogP contribution in [0.1, 0.15) is 44.3 Å². The van der Waals surface area contributed by atoms with Crippen LogP contribution in [0.4, 0.5) is 5.69 Å². The Kier molecular flexibility index (Phi) is 3.78. The maximum Gasteiger partial charge on any atom is 0.258 e. The molecule has 20 heavy (non-hydrogen) atoms. The predicted molar refractivity (Wildman–Crippen MR) is 82.2 cm³/mol. The first-order valence-corrected chi connectivity index (χ1v) is 7.85. The van der Waals surface area contributed by atoms with Gasteiger partial charge >= 0.3 is 0 Å². The fraction of sp³-hybridized carbons (Fsp3) is 0.467. The van der Waals surface area contributed by atoms with Crippen LogP contribution < -0.4 is 5.73 Å². The van der Waals surface area contributed by atoms with Crippen molar-refractivity contribution in [1.82, 2.24) is 10.1 Å².